The molecule has 0 aliphatic heterocycles. The molecule has 2 heterocycles. The van der Waals surface area contributed by atoms with Gasteiger partial charge in [-0.05, 0) is 95.6 Å². The zero-order chi connectivity index (χ0) is 26.2. The molecular formula is C30H21Cl3N4S. The minimum Gasteiger partial charge on any atom is -0.361 e. The number of thiocarbonyl (C=S) groups is 1. The van der Waals surface area contributed by atoms with Gasteiger partial charge in [0.2, 0.25) is 0 Å². The molecule has 4 nitrogen and oxygen atoms in total. The van der Waals surface area contributed by atoms with Crippen molar-refractivity contribution in [1.29, 1.82) is 0 Å². The van der Waals surface area contributed by atoms with Crippen LogP contribution >= 0.6 is 47.0 Å². The fourth-order valence-corrected chi connectivity index (χ4v) is 5.62. The first kappa shape index (κ1) is 24.8. The highest BCUT2D eigenvalue weighted by atomic mass is 35.5. The number of anilines is 2. The van der Waals surface area contributed by atoms with Crippen molar-refractivity contribution < 1.29 is 0 Å². The zero-order valence-corrected chi connectivity index (χ0v) is 22.9. The fraction of sp³-hybridized carbons (Fsp3) is 0.0333. The lowest BCUT2D eigenvalue weighted by Gasteiger charge is -2.18. The number of rotatable bonds is 5. The minimum atomic E-state index is -0.0694. The summed E-state index contributed by atoms with van der Waals surface area (Å²) in [5.74, 6) is -0.0694. The van der Waals surface area contributed by atoms with E-state index in [0.717, 1.165) is 49.9 Å². The average Bonchev–Trinajstić information content (AvgIpc) is 3.49. The van der Waals surface area contributed by atoms with Crippen LogP contribution in [0.25, 0.3) is 21.8 Å². The smallest absolute Gasteiger partial charge is 0.175 e. The van der Waals surface area contributed by atoms with Crippen molar-refractivity contribution in [2.24, 2.45) is 0 Å². The van der Waals surface area contributed by atoms with Gasteiger partial charge in [0.05, 0.1) is 0 Å². The zero-order valence-electron chi connectivity index (χ0n) is 19.9. The SMILES string of the molecule is S=C(Nc1ccc(C(c2c[nH]c3ccc(Cl)cc23)c2c[nH]c3ccc(Cl)cc23)cc1)Nc1cccc(Cl)c1. The van der Waals surface area contributed by atoms with Crippen molar-refractivity contribution >= 4 is 85.3 Å². The molecule has 4 aromatic carbocycles. The fourth-order valence-electron chi connectivity index (χ4n) is 4.85. The van der Waals surface area contributed by atoms with E-state index in [1.807, 2.05) is 72.8 Å². The van der Waals surface area contributed by atoms with Crippen LogP contribution in [0.5, 0.6) is 0 Å². The highest BCUT2D eigenvalue weighted by molar-refractivity contribution is 7.80. The molecule has 0 aliphatic carbocycles. The Bertz CT molecular complexity index is 1710. The quantitative estimate of drug-likeness (QED) is 0.155. The molecule has 0 aliphatic rings. The molecule has 2 aromatic heterocycles. The standard InChI is InChI=1S/C30H21Cl3N4S/c31-18-2-1-3-22(12-18)37-30(38)36-21-8-4-17(5-9-21)29(25-15-34-27-10-6-19(32)13-23(25)27)26-16-35-28-11-7-20(33)14-24(26)28/h1-16,29,34-35H,(H2,36,37,38). The minimum absolute atomic E-state index is 0.0694. The van der Waals surface area contributed by atoms with E-state index in [0.29, 0.717) is 20.2 Å². The number of hydrogen-bond donors (Lipinski definition) is 4. The largest absolute Gasteiger partial charge is 0.361 e. The van der Waals surface area contributed by atoms with Crippen LogP contribution in [-0.4, -0.2) is 15.1 Å². The van der Waals surface area contributed by atoms with Gasteiger partial charge in [-0.3, -0.25) is 0 Å². The molecular weight excluding hydrogens is 555 g/mol. The van der Waals surface area contributed by atoms with Gasteiger partial charge in [0.15, 0.2) is 5.11 Å². The summed E-state index contributed by atoms with van der Waals surface area (Å²) in [6, 6.07) is 27.5. The number of nitrogens with one attached hydrogen (secondary N) is 4. The van der Waals surface area contributed by atoms with E-state index in [2.05, 4.69) is 45.1 Å². The second-order valence-corrected chi connectivity index (χ2v) is 10.7. The van der Waals surface area contributed by atoms with Crippen molar-refractivity contribution in [3.63, 3.8) is 0 Å². The Hall–Kier alpha value is -3.48. The van der Waals surface area contributed by atoms with Crippen molar-refractivity contribution in [2.75, 3.05) is 10.6 Å². The Morgan fingerprint density at radius 2 is 1.18 bits per heavy atom. The summed E-state index contributed by atoms with van der Waals surface area (Å²) >= 11 is 24.4. The number of aromatic amines is 2. The Kier molecular flexibility index (Phi) is 6.76. The first-order chi connectivity index (χ1) is 18.4. The lowest BCUT2D eigenvalue weighted by atomic mass is 9.84. The summed E-state index contributed by atoms with van der Waals surface area (Å²) in [7, 11) is 0. The summed E-state index contributed by atoms with van der Waals surface area (Å²) in [5, 5.41) is 11.1. The van der Waals surface area contributed by atoms with Gasteiger partial charge in [-0.2, -0.15) is 0 Å². The second kappa shape index (κ2) is 10.4. The normalized spacial score (nSPS) is 11.4. The van der Waals surface area contributed by atoms with Gasteiger partial charge < -0.3 is 20.6 Å². The number of hydrogen-bond acceptors (Lipinski definition) is 1. The Labute approximate surface area is 239 Å². The summed E-state index contributed by atoms with van der Waals surface area (Å²) in [6.45, 7) is 0. The molecule has 8 heteroatoms. The molecule has 0 saturated heterocycles. The van der Waals surface area contributed by atoms with Gasteiger partial charge in [0, 0.05) is 66.6 Å². The molecule has 0 radical (unpaired) electrons. The molecule has 0 atom stereocenters. The molecule has 38 heavy (non-hydrogen) atoms. The van der Waals surface area contributed by atoms with Crippen molar-refractivity contribution in [1.82, 2.24) is 9.97 Å². The van der Waals surface area contributed by atoms with Crippen molar-refractivity contribution in [3.8, 4) is 0 Å². The number of halogens is 3. The van der Waals surface area contributed by atoms with Gasteiger partial charge in [0.1, 0.15) is 0 Å². The van der Waals surface area contributed by atoms with E-state index in [-0.39, 0.29) is 5.92 Å². The van der Waals surface area contributed by atoms with Gasteiger partial charge >= 0.3 is 0 Å². The number of fused-ring (bicyclic) bond motifs is 2. The van der Waals surface area contributed by atoms with E-state index < -0.39 is 0 Å². The van der Waals surface area contributed by atoms with E-state index in [1.54, 1.807) is 0 Å². The molecule has 0 amide bonds. The van der Waals surface area contributed by atoms with E-state index in [1.165, 1.54) is 0 Å². The van der Waals surface area contributed by atoms with Crippen LogP contribution in [-0.2, 0) is 0 Å². The van der Waals surface area contributed by atoms with Crippen molar-refractivity contribution in [2.45, 2.75) is 5.92 Å². The van der Waals surface area contributed by atoms with Crippen molar-refractivity contribution in [3.05, 3.63) is 129 Å². The third-order valence-corrected chi connectivity index (χ3v) is 7.47. The van der Waals surface area contributed by atoms with Gasteiger partial charge in [-0.1, -0.05) is 53.0 Å². The maximum atomic E-state index is 6.40. The molecule has 0 spiro atoms. The third-order valence-electron chi connectivity index (χ3n) is 6.56. The molecule has 0 fully saturated rings. The van der Waals surface area contributed by atoms with Crippen LogP contribution in [0.2, 0.25) is 15.1 Å². The lowest BCUT2D eigenvalue weighted by Crippen LogP contribution is -2.19. The predicted octanol–water partition coefficient (Wildman–Crippen LogP) is 9.60. The highest BCUT2D eigenvalue weighted by Gasteiger charge is 2.23. The van der Waals surface area contributed by atoms with Gasteiger partial charge in [-0.15, -0.1) is 0 Å². The topological polar surface area (TPSA) is 55.6 Å². The molecule has 4 N–H and O–H groups in total. The van der Waals surface area contributed by atoms with E-state index >= 15 is 0 Å². The molecule has 0 saturated carbocycles. The first-order valence-corrected chi connectivity index (χ1v) is 13.5. The molecule has 6 aromatic rings. The first-order valence-electron chi connectivity index (χ1n) is 11.9. The summed E-state index contributed by atoms with van der Waals surface area (Å²) < 4.78 is 0. The van der Waals surface area contributed by atoms with Crippen LogP contribution in [0.15, 0.2) is 97.3 Å². The van der Waals surface area contributed by atoms with Crippen LogP contribution in [0.3, 0.4) is 0 Å². The molecule has 6 rings (SSSR count). The molecule has 188 valence electrons. The van der Waals surface area contributed by atoms with Crippen LogP contribution in [0.4, 0.5) is 11.4 Å². The van der Waals surface area contributed by atoms with Gasteiger partial charge in [0.25, 0.3) is 0 Å². The Morgan fingerprint density at radius 3 is 1.76 bits per heavy atom. The van der Waals surface area contributed by atoms with Crippen LogP contribution in [0, 0.1) is 0 Å². The Morgan fingerprint density at radius 1 is 0.632 bits per heavy atom. The maximum absolute atomic E-state index is 6.40. The van der Waals surface area contributed by atoms with Crippen LogP contribution < -0.4 is 10.6 Å². The Balaban J connectivity index is 1.37. The number of benzene rings is 4. The number of aromatic nitrogens is 2. The van der Waals surface area contributed by atoms with Crippen LogP contribution in [0.1, 0.15) is 22.6 Å². The predicted molar refractivity (Wildman–Crippen MR) is 165 cm³/mol. The van der Waals surface area contributed by atoms with E-state index in [4.69, 9.17) is 47.0 Å². The summed E-state index contributed by atoms with van der Waals surface area (Å²) in [4.78, 5) is 6.82. The maximum Gasteiger partial charge on any atom is 0.175 e. The second-order valence-electron chi connectivity index (χ2n) is 9.01. The summed E-state index contributed by atoms with van der Waals surface area (Å²) in [6.07, 6.45) is 4.12. The van der Waals surface area contributed by atoms with E-state index in [9.17, 15) is 0 Å². The monoisotopic (exact) mass is 574 g/mol. The average molecular weight is 576 g/mol. The molecule has 0 bridgehead atoms. The van der Waals surface area contributed by atoms with Gasteiger partial charge in [-0.25, -0.2) is 0 Å². The number of H-pyrrole nitrogens is 2. The lowest BCUT2D eigenvalue weighted by molar-refractivity contribution is 0.998. The molecule has 0 unspecified atom stereocenters. The third kappa shape index (κ3) is 4.98. The summed E-state index contributed by atoms with van der Waals surface area (Å²) in [5.41, 5.74) is 7.13. The highest BCUT2D eigenvalue weighted by Crippen LogP contribution is 2.40.